The number of carbonyl (C=O) groups excluding carboxylic acids is 1. The fourth-order valence-electron chi connectivity index (χ4n) is 0.888. The number of hydrogen-bond donors (Lipinski definition) is 1. The molecule has 0 heterocycles. The second-order valence-corrected chi connectivity index (χ2v) is 3.00. The number of ether oxygens (including phenoxy) is 1. The average molecular weight is 173 g/mol. The van der Waals surface area contributed by atoms with Gasteiger partial charge in [0.15, 0.2) is 0 Å². The van der Waals surface area contributed by atoms with E-state index >= 15 is 0 Å². The lowest BCUT2D eigenvalue weighted by atomic mass is 10.2. The number of rotatable bonds is 6. The Morgan fingerprint density at radius 1 is 1.58 bits per heavy atom. The SMILES string of the molecule is CCCCNC(=O)C(C)COC. The highest BCUT2D eigenvalue weighted by Gasteiger charge is 2.10. The molecule has 1 N–H and O–H groups in total. The van der Waals surface area contributed by atoms with E-state index in [1.165, 1.54) is 0 Å². The molecule has 1 atom stereocenters. The van der Waals surface area contributed by atoms with Crippen LogP contribution in [0.1, 0.15) is 26.7 Å². The zero-order valence-electron chi connectivity index (χ0n) is 8.22. The fourth-order valence-corrected chi connectivity index (χ4v) is 0.888. The van der Waals surface area contributed by atoms with Crippen LogP contribution in [0.2, 0.25) is 0 Å². The van der Waals surface area contributed by atoms with Gasteiger partial charge in [-0.05, 0) is 6.42 Å². The van der Waals surface area contributed by atoms with Gasteiger partial charge >= 0.3 is 0 Å². The van der Waals surface area contributed by atoms with Crippen LogP contribution in [-0.2, 0) is 9.53 Å². The normalized spacial score (nSPS) is 12.6. The summed E-state index contributed by atoms with van der Waals surface area (Å²) in [6, 6.07) is 0. The fraction of sp³-hybridized carbons (Fsp3) is 0.889. The van der Waals surface area contributed by atoms with Crippen molar-refractivity contribution in [3.63, 3.8) is 0 Å². The van der Waals surface area contributed by atoms with Crippen molar-refractivity contribution in [3.8, 4) is 0 Å². The topological polar surface area (TPSA) is 38.3 Å². The number of nitrogens with one attached hydrogen (secondary N) is 1. The van der Waals surface area contributed by atoms with E-state index < -0.39 is 0 Å². The van der Waals surface area contributed by atoms with Gasteiger partial charge < -0.3 is 10.1 Å². The highest BCUT2D eigenvalue weighted by atomic mass is 16.5. The van der Waals surface area contributed by atoms with E-state index in [1.54, 1.807) is 7.11 Å². The molecule has 12 heavy (non-hydrogen) atoms. The molecule has 0 aromatic carbocycles. The molecule has 0 aromatic rings. The van der Waals surface area contributed by atoms with E-state index in [1.807, 2.05) is 6.92 Å². The summed E-state index contributed by atoms with van der Waals surface area (Å²) in [4.78, 5) is 11.2. The van der Waals surface area contributed by atoms with Crippen molar-refractivity contribution in [3.05, 3.63) is 0 Å². The number of methoxy groups -OCH3 is 1. The standard InChI is InChI=1S/C9H19NO2/c1-4-5-6-10-9(11)8(2)7-12-3/h8H,4-7H2,1-3H3,(H,10,11). The molecule has 0 saturated carbocycles. The minimum absolute atomic E-state index is 0.0353. The van der Waals surface area contributed by atoms with Crippen molar-refractivity contribution in [1.82, 2.24) is 5.32 Å². The predicted molar refractivity (Wildman–Crippen MR) is 49.0 cm³/mol. The molecule has 1 amide bonds. The van der Waals surface area contributed by atoms with Crippen molar-refractivity contribution in [2.45, 2.75) is 26.7 Å². The molecule has 72 valence electrons. The Hall–Kier alpha value is -0.570. The summed E-state index contributed by atoms with van der Waals surface area (Å²) < 4.78 is 4.87. The lowest BCUT2D eigenvalue weighted by Crippen LogP contribution is -2.32. The average Bonchev–Trinajstić information content (AvgIpc) is 2.05. The predicted octanol–water partition coefficient (Wildman–Crippen LogP) is 1.19. The van der Waals surface area contributed by atoms with Crippen molar-refractivity contribution >= 4 is 5.91 Å². The van der Waals surface area contributed by atoms with Crippen LogP contribution in [-0.4, -0.2) is 26.2 Å². The summed E-state index contributed by atoms with van der Waals surface area (Å²) in [5, 5.41) is 2.85. The van der Waals surface area contributed by atoms with Crippen molar-refractivity contribution in [2.24, 2.45) is 5.92 Å². The van der Waals surface area contributed by atoms with Crippen LogP contribution in [0.4, 0.5) is 0 Å². The van der Waals surface area contributed by atoms with Gasteiger partial charge in [0.1, 0.15) is 0 Å². The lowest BCUT2D eigenvalue weighted by Gasteiger charge is -2.10. The Bertz CT molecular complexity index is 126. The Labute approximate surface area is 74.5 Å². The third-order valence-electron chi connectivity index (χ3n) is 1.69. The van der Waals surface area contributed by atoms with E-state index in [-0.39, 0.29) is 11.8 Å². The van der Waals surface area contributed by atoms with Gasteiger partial charge in [-0.2, -0.15) is 0 Å². The Morgan fingerprint density at radius 2 is 2.25 bits per heavy atom. The van der Waals surface area contributed by atoms with Crippen LogP contribution in [0.3, 0.4) is 0 Å². The Balaban J connectivity index is 3.43. The van der Waals surface area contributed by atoms with Gasteiger partial charge in [0.25, 0.3) is 0 Å². The third kappa shape index (κ3) is 5.13. The van der Waals surface area contributed by atoms with Gasteiger partial charge in [-0.1, -0.05) is 20.3 Å². The highest BCUT2D eigenvalue weighted by molar-refractivity contribution is 5.78. The van der Waals surface area contributed by atoms with Gasteiger partial charge in [0.05, 0.1) is 12.5 Å². The maximum absolute atomic E-state index is 11.2. The van der Waals surface area contributed by atoms with E-state index in [0.29, 0.717) is 6.61 Å². The van der Waals surface area contributed by atoms with Gasteiger partial charge in [0, 0.05) is 13.7 Å². The van der Waals surface area contributed by atoms with Crippen LogP contribution in [0.25, 0.3) is 0 Å². The molecule has 3 heteroatoms. The molecule has 0 aromatic heterocycles. The second kappa shape index (κ2) is 7.10. The lowest BCUT2D eigenvalue weighted by molar-refractivity contribution is -0.125. The van der Waals surface area contributed by atoms with E-state index in [0.717, 1.165) is 19.4 Å². The molecule has 0 saturated heterocycles. The first-order chi connectivity index (χ1) is 5.72. The van der Waals surface area contributed by atoms with Crippen LogP contribution < -0.4 is 5.32 Å². The van der Waals surface area contributed by atoms with Crippen LogP contribution >= 0.6 is 0 Å². The van der Waals surface area contributed by atoms with Gasteiger partial charge in [0.2, 0.25) is 5.91 Å². The zero-order valence-corrected chi connectivity index (χ0v) is 8.22. The highest BCUT2D eigenvalue weighted by Crippen LogP contribution is 1.94. The molecule has 0 fully saturated rings. The quantitative estimate of drug-likeness (QED) is 0.613. The minimum Gasteiger partial charge on any atom is -0.384 e. The minimum atomic E-state index is -0.0353. The monoisotopic (exact) mass is 173 g/mol. The molecule has 0 aliphatic rings. The van der Waals surface area contributed by atoms with Gasteiger partial charge in [-0.15, -0.1) is 0 Å². The first-order valence-electron chi connectivity index (χ1n) is 4.49. The van der Waals surface area contributed by atoms with Crippen LogP contribution in [0, 0.1) is 5.92 Å². The maximum Gasteiger partial charge on any atom is 0.225 e. The van der Waals surface area contributed by atoms with E-state index in [9.17, 15) is 4.79 Å². The molecule has 0 aliphatic heterocycles. The molecular formula is C9H19NO2. The second-order valence-electron chi connectivity index (χ2n) is 3.00. The third-order valence-corrected chi connectivity index (χ3v) is 1.69. The van der Waals surface area contributed by atoms with Crippen LogP contribution in [0.15, 0.2) is 0 Å². The number of hydrogen-bond acceptors (Lipinski definition) is 2. The smallest absolute Gasteiger partial charge is 0.225 e. The van der Waals surface area contributed by atoms with E-state index in [4.69, 9.17) is 4.74 Å². The number of amides is 1. The van der Waals surface area contributed by atoms with Crippen LogP contribution in [0.5, 0.6) is 0 Å². The van der Waals surface area contributed by atoms with Crippen molar-refractivity contribution in [2.75, 3.05) is 20.3 Å². The molecular weight excluding hydrogens is 154 g/mol. The number of carbonyl (C=O) groups is 1. The molecule has 3 nitrogen and oxygen atoms in total. The molecule has 1 unspecified atom stereocenters. The Morgan fingerprint density at radius 3 is 2.75 bits per heavy atom. The van der Waals surface area contributed by atoms with Gasteiger partial charge in [-0.3, -0.25) is 4.79 Å². The molecule has 0 radical (unpaired) electrons. The summed E-state index contributed by atoms with van der Waals surface area (Å²) in [6.07, 6.45) is 2.16. The zero-order chi connectivity index (χ0) is 9.40. The molecule has 0 spiro atoms. The first-order valence-corrected chi connectivity index (χ1v) is 4.49. The summed E-state index contributed by atoms with van der Waals surface area (Å²) in [5.41, 5.74) is 0. The number of unbranched alkanes of at least 4 members (excludes halogenated alkanes) is 1. The summed E-state index contributed by atoms with van der Waals surface area (Å²) in [5.74, 6) is 0.0529. The molecule has 0 bridgehead atoms. The van der Waals surface area contributed by atoms with Crippen molar-refractivity contribution in [1.29, 1.82) is 0 Å². The maximum atomic E-state index is 11.2. The van der Waals surface area contributed by atoms with Gasteiger partial charge in [-0.25, -0.2) is 0 Å². The molecule has 0 aliphatic carbocycles. The summed E-state index contributed by atoms with van der Waals surface area (Å²) in [7, 11) is 1.61. The first kappa shape index (κ1) is 11.4. The summed E-state index contributed by atoms with van der Waals surface area (Å²) >= 11 is 0. The summed E-state index contributed by atoms with van der Waals surface area (Å²) in [6.45, 7) is 5.25. The van der Waals surface area contributed by atoms with E-state index in [2.05, 4.69) is 12.2 Å². The molecule has 0 rings (SSSR count). The largest absolute Gasteiger partial charge is 0.384 e. The Kier molecular flexibility index (Phi) is 6.76. The van der Waals surface area contributed by atoms with Crippen molar-refractivity contribution < 1.29 is 9.53 Å².